The summed E-state index contributed by atoms with van der Waals surface area (Å²) in [4.78, 5) is 24.7. The molecule has 0 saturated heterocycles. The van der Waals surface area contributed by atoms with E-state index in [1.165, 1.54) is 13.3 Å². The van der Waals surface area contributed by atoms with Gasteiger partial charge in [-0.1, -0.05) is 34.1 Å². The zero-order valence-corrected chi connectivity index (χ0v) is 24.0. The summed E-state index contributed by atoms with van der Waals surface area (Å²) in [5.74, 6) is 0.205. The SMILES string of the molecule is COc1cc(/C=N\NC(=O)c2cc3cc(Br)cc(Br)c3o2)cc(I)c1OCC(=O)Nc1ccccc1. The van der Waals surface area contributed by atoms with Gasteiger partial charge >= 0.3 is 5.91 Å². The molecule has 2 amide bonds. The Labute approximate surface area is 236 Å². The average molecular weight is 727 g/mol. The molecule has 0 aliphatic heterocycles. The van der Waals surface area contributed by atoms with Crippen molar-refractivity contribution < 1.29 is 23.5 Å². The maximum absolute atomic E-state index is 12.5. The lowest BCUT2D eigenvalue weighted by atomic mass is 10.2. The fraction of sp³-hybridized carbons (Fsp3) is 0.0800. The van der Waals surface area contributed by atoms with Crippen LogP contribution in [0.4, 0.5) is 5.69 Å². The first-order valence-corrected chi connectivity index (χ1v) is 13.1. The van der Waals surface area contributed by atoms with Crippen molar-refractivity contribution in [2.75, 3.05) is 19.0 Å². The van der Waals surface area contributed by atoms with Gasteiger partial charge in [-0.25, -0.2) is 5.43 Å². The third-order valence-corrected chi connectivity index (χ3v) is 6.64. The Hall–Kier alpha value is -2.90. The Balaban J connectivity index is 1.40. The maximum atomic E-state index is 12.5. The molecular weight excluding hydrogens is 709 g/mol. The van der Waals surface area contributed by atoms with Gasteiger partial charge in [0.25, 0.3) is 5.91 Å². The van der Waals surface area contributed by atoms with Crippen molar-refractivity contribution in [3.63, 3.8) is 0 Å². The smallest absolute Gasteiger partial charge is 0.307 e. The van der Waals surface area contributed by atoms with Crippen LogP contribution in [0, 0.1) is 3.57 Å². The molecule has 8 nitrogen and oxygen atoms in total. The number of nitrogens with zero attached hydrogens (tertiary/aromatic N) is 1. The quantitative estimate of drug-likeness (QED) is 0.125. The van der Waals surface area contributed by atoms with E-state index in [0.717, 1.165) is 14.3 Å². The molecule has 3 aromatic carbocycles. The number of amides is 2. The number of hydrogen-bond acceptors (Lipinski definition) is 6. The number of anilines is 1. The zero-order chi connectivity index (χ0) is 25.7. The van der Waals surface area contributed by atoms with Gasteiger partial charge in [0.15, 0.2) is 23.9 Å². The van der Waals surface area contributed by atoms with E-state index in [-0.39, 0.29) is 18.3 Å². The molecule has 1 aromatic heterocycles. The van der Waals surface area contributed by atoms with Gasteiger partial charge < -0.3 is 19.2 Å². The number of carbonyl (C=O) groups excluding carboxylic acids is 2. The van der Waals surface area contributed by atoms with Gasteiger partial charge in [-0.2, -0.15) is 5.10 Å². The monoisotopic (exact) mass is 725 g/mol. The van der Waals surface area contributed by atoms with Crippen molar-refractivity contribution in [3.8, 4) is 11.5 Å². The Bertz CT molecular complexity index is 1460. The van der Waals surface area contributed by atoms with Crippen LogP contribution in [0.1, 0.15) is 16.1 Å². The first-order valence-electron chi connectivity index (χ1n) is 10.4. The van der Waals surface area contributed by atoms with Crippen molar-refractivity contribution >= 4 is 89.1 Å². The van der Waals surface area contributed by atoms with Crippen LogP contribution < -0.4 is 20.2 Å². The maximum Gasteiger partial charge on any atom is 0.307 e. The summed E-state index contributed by atoms with van der Waals surface area (Å²) in [7, 11) is 1.50. The number of halogens is 3. The van der Waals surface area contributed by atoms with Crippen molar-refractivity contribution in [2.45, 2.75) is 0 Å². The average Bonchev–Trinajstić information content (AvgIpc) is 3.28. The number of para-hydroxylation sites is 1. The predicted molar refractivity (Wildman–Crippen MR) is 153 cm³/mol. The van der Waals surface area contributed by atoms with Crippen molar-refractivity contribution in [1.29, 1.82) is 0 Å². The second-order valence-corrected chi connectivity index (χ2v) is 10.3. The molecule has 2 N–H and O–H groups in total. The first-order chi connectivity index (χ1) is 17.3. The van der Waals surface area contributed by atoms with E-state index in [4.69, 9.17) is 13.9 Å². The highest BCUT2D eigenvalue weighted by molar-refractivity contribution is 14.1. The second kappa shape index (κ2) is 11.9. The van der Waals surface area contributed by atoms with E-state index in [1.807, 2.05) is 30.3 Å². The molecule has 0 aliphatic rings. The summed E-state index contributed by atoms with van der Waals surface area (Å²) in [5.41, 5.74) is 4.37. The number of fused-ring (bicyclic) bond motifs is 1. The normalized spacial score (nSPS) is 11.0. The van der Waals surface area contributed by atoms with Crippen molar-refractivity contribution in [1.82, 2.24) is 5.43 Å². The van der Waals surface area contributed by atoms with Gasteiger partial charge in [-0.3, -0.25) is 9.59 Å². The molecule has 0 saturated carbocycles. The molecule has 0 bridgehead atoms. The number of carbonyl (C=O) groups is 2. The number of ether oxygens (including phenoxy) is 2. The van der Waals surface area contributed by atoms with Crippen LogP contribution in [-0.4, -0.2) is 31.7 Å². The lowest BCUT2D eigenvalue weighted by molar-refractivity contribution is -0.118. The first kappa shape index (κ1) is 26.2. The Morgan fingerprint density at radius 2 is 1.89 bits per heavy atom. The minimum absolute atomic E-state index is 0.130. The van der Waals surface area contributed by atoms with E-state index >= 15 is 0 Å². The molecule has 0 unspecified atom stereocenters. The van der Waals surface area contributed by atoms with Crippen LogP contribution in [0.3, 0.4) is 0 Å². The molecular formula is C25H18Br2IN3O5. The summed E-state index contributed by atoms with van der Waals surface area (Å²) in [6.45, 7) is -0.186. The highest BCUT2D eigenvalue weighted by Crippen LogP contribution is 2.34. The Morgan fingerprint density at radius 3 is 2.64 bits per heavy atom. The van der Waals surface area contributed by atoms with Crippen molar-refractivity contribution in [3.05, 3.63) is 84.5 Å². The molecule has 11 heteroatoms. The van der Waals surface area contributed by atoms with Gasteiger partial charge in [0.1, 0.15) is 5.58 Å². The molecule has 0 aliphatic carbocycles. The summed E-state index contributed by atoms with van der Waals surface area (Å²) in [5, 5.41) is 7.57. The van der Waals surface area contributed by atoms with E-state index < -0.39 is 5.91 Å². The van der Waals surface area contributed by atoms with Crippen LogP contribution in [0.2, 0.25) is 0 Å². The van der Waals surface area contributed by atoms with Gasteiger partial charge in [0.2, 0.25) is 0 Å². The Morgan fingerprint density at radius 1 is 1.11 bits per heavy atom. The summed E-state index contributed by atoms with van der Waals surface area (Å²) >= 11 is 8.92. The van der Waals surface area contributed by atoms with E-state index in [9.17, 15) is 9.59 Å². The minimum atomic E-state index is -0.489. The molecule has 4 rings (SSSR count). The number of rotatable bonds is 8. The third kappa shape index (κ3) is 6.45. The van der Waals surface area contributed by atoms with Crippen LogP contribution in [0.5, 0.6) is 11.5 Å². The molecule has 184 valence electrons. The number of hydrazone groups is 1. The fourth-order valence-corrected chi connectivity index (χ4v) is 5.34. The highest BCUT2D eigenvalue weighted by atomic mass is 127. The number of furan rings is 1. The van der Waals surface area contributed by atoms with Gasteiger partial charge in [0, 0.05) is 15.5 Å². The fourth-order valence-electron chi connectivity index (χ4n) is 3.22. The molecule has 0 radical (unpaired) electrons. The van der Waals surface area contributed by atoms with E-state index in [0.29, 0.717) is 31.9 Å². The number of benzene rings is 3. The van der Waals surface area contributed by atoms with Gasteiger partial charge in [-0.15, -0.1) is 0 Å². The number of nitrogens with one attached hydrogen (secondary N) is 2. The molecule has 1 heterocycles. The van der Waals surface area contributed by atoms with Gasteiger partial charge in [-0.05, 0) is 86.5 Å². The van der Waals surface area contributed by atoms with E-state index in [1.54, 1.807) is 30.3 Å². The van der Waals surface area contributed by atoms with Crippen LogP contribution in [0.15, 0.2) is 79.1 Å². The van der Waals surface area contributed by atoms with Crippen LogP contribution in [0.25, 0.3) is 11.0 Å². The van der Waals surface area contributed by atoms with Gasteiger partial charge in [0.05, 0.1) is 21.4 Å². The third-order valence-electron chi connectivity index (χ3n) is 4.80. The summed E-state index contributed by atoms with van der Waals surface area (Å²) in [6, 6.07) is 17.9. The zero-order valence-electron chi connectivity index (χ0n) is 18.7. The second-order valence-electron chi connectivity index (χ2n) is 7.35. The number of hydrogen-bond donors (Lipinski definition) is 2. The molecule has 0 spiro atoms. The topological polar surface area (TPSA) is 102 Å². The molecule has 36 heavy (non-hydrogen) atoms. The Kier molecular flexibility index (Phi) is 8.64. The van der Waals surface area contributed by atoms with Crippen LogP contribution in [-0.2, 0) is 4.79 Å². The molecule has 0 atom stereocenters. The summed E-state index contributed by atoms with van der Waals surface area (Å²) in [6.07, 6.45) is 1.48. The highest BCUT2D eigenvalue weighted by Gasteiger charge is 2.15. The van der Waals surface area contributed by atoms with E-state index in [2.05, 4.69) is 70.3 Å². The van der Waals surface area contributed by atoms with Crippen LogP contribution >= 0.6 is 54.5 Å². The molecule has 0 fully saturated rings. The molecule has 4 aromatic rings. The van der Waals surface area contributed by atoms with Crippen molar-refractivity contribution in [2.24, 2.45) is 5.10 Å². The predicted octanol–water partition coefficient (Wildman–Crippen LogP) is 6.35. The summed E-state index contributed by atoms with van der Waals surface area (Å²) < 4.78 is 19.1. The number of methoxy groups -OCH3 is 1. The lowest BCUT2D eigenvalue weighted by Crippen LogP contribution is -2.20. The lowest BCUT2D eigenvalue weighted by Gasteiger charge is -2.13. The minimum Gasteiger partial charge on any atom is -0.493 e. The largest absolute Gasteiger partial charge is 0.493 e. The standard InChI is InChI=1S/C25H18Br2IN3O5/c1-34-20-8-14(7-19(28)24(20)35-13-22(32)30-17-5-3-2-4-6-17)12-29-31-25(33)21-10-15-9-16(26)11-18(27)23(15)36-21/h2-12H,13H2,1H3,(H,30,32)(H,31,33)/b29-12-.